The molecule has 2 amide bonds. The summed E-state index contributed by atoms with van der Waals surface area (Å²) >= 11 is 3.30. The Morgan fingerprint density at radius 2 is 1.77 bits per heavy atom. The molecule has 0 N–H and O–H groups in total. The van der Waals surface area contributed by atoms with E-state index in [9.17, 15) is 9.59 Å². The number of rotatable bonds is 2. The lowest BCUT2D eigenvalue weighted by Gasteiger charge is -2.39. The number of hydrogen-bond donors (Lipinski definition) is 0. The summed E-state index contributed by atoms with van der Waals surface area (Å²) in [6, 6.07) is -0.587. The van der Waals surface area contributed by atoms with Crippen LogP contribution in [0.2, 0.25) is 0 Å². The molecule has 0 unspecified atom stereocenters. The van der Waals surface area contributed by atoms with E-state index in [-0.39, 0.29) is 17.5 Å². The van der Waals surface area contributed by atoms with Crippen molar-refractivity contribution < 1.29 is 14.3 Å². The molecule has 1 fully saturated rings. The standard InChI is InChI=1S/C16H27BrN2O3/c1-10(17)9-11-12(20)18(8)13(15(2,3)4)19(11)14(21)22-16(5,6)7/h11,13H,1,9H2,2-8H3/t11-,13-/m0/s1. The third-order valence-electron chi connectivity index (χ3n) is 3.39. The molecule has 0 aliphatic carbocycles. The maximum Gasteiger partial charge on any atom is 0.412 e. The molecule has 1 rings (SSSR count). The van der Waals surface area contributed by atoms with E-state index >= 15 is 0 Å². The quantitative estimate of drug-likeness (QED) is 0.739. The maximum absolute atomic E-state index is 12.7. The van der Waals surface area contributed by atoms with Gasteiger partial charge < -0.3 is 9.64 Å². The average molecular weight is 375 g/mol. The predicted molar refractivity (Wildman–Crippen MR) is 90.6 cm³/mol. The zero-order chi connectivity index (χ0) is 17.5. The third-order valence-corrected chi connectivity index (χ3v) is 3.72. The molecule has 1 heterocycles. The van der Waals surface area contributed by atoms with Crippen molar-refractivity contribution in [3.63, 3.8) is 0 Å². The lowest BCUT2D eigenvalue weighted by atomic mass is 9.91. The molecule has 5 nitrogen and oxygen atoms in total. The highest BCUT2D eigenvalue weighted by atomic mass is 79.9. The highest BCUT2D eigenvalue weighted by Crippen LogP contribution is 2.37. The first-order chi connectivity index (χ1) is 9.75. The van der Waals surface area contributed by atoms with Gasteiger partial charge >= 0.3 is 6.09 Å². The lowest BCUT2D eigenvalue weighted by molar-refractivity contribution is -0.129. The summed E-state index contributed by atoms with van der Waals surface area (Å²) < 4.78 is 6.20. The summed E-state index contributed by atoms with van der Waals surface area (Å²) in [5.74, 6) is -0.0913. The van der Waals surface area contributed by atoms with E-state index < -0.39 is 17.7 Å². The molecule has 126 valence electrons. The van der Waals surface area contributed by atoms with Gasteiger partial charge in [0.2, 0.25) is 5.91 Å². The number of halogens is 1. The number of carbonyl (C=O) groups is 2. The molecule has 2 atom stereocenters. The van der Waals surface area contributed by atoms with Gasteiger partial charge in [0, 0.05) is 18.9 Å². The summed E-state index contributed by atoms with van der Waals surface area (Å²) in [6.45, 7) is 15.3. The van der Waals surface area contributed by atoms with Crippen LogP contribution in [0.5, 0.6) is 0 Å². The second-order valence-electron chi connectivity index (χ2n) is 7.81. The van der Waals surface area contributed by atoms with Crippen molar-refractivity contribution in [2.75, 3.05) is 7.05 Å². The highest BCUT2D eigenvalue weighted by molar-refractivity contribution is 9.11. The molecular weight excluding hydrogens is 348 g/mol. The first kappa shape index (κ1) is 19.0. The molecule has 0 aromatic heterocycles. The van der Waals surface area contributed by atoms with Gasteiger partial charge in [-0.05, 0) is 25.3 Å². The van der Waals surface area contributed by atoms with Gasteiger partial charge in [0.05, 0.1) is 0 Å². The highest BCUT2D eigenvalue weighted by Gasteiger charge is 2.52. The van der Waals surface area contributed by atoms with Crippen molar-refractivity contribution in [3.8, 4) is 0 Å². The van der Waals surface area contributed by atoms with Gasteiger partial charge in [0.25, 0.3) is 0 Å². The molecule has 1 aliphatic heterocycles. The van der Waals surface area contributed by atoms with Gasteiger partial charge in [-0.1, -0.05) is 43.3 Å². The normalized spacial score (nSPS) is 23.0. The van der Waals surface area contributed by atoms with Crippen molar-refractivity contribution in [1.29, 1.82) is 0 Å². The van der Waals surface area contributed by atoms with Gasteiger partial charge in [-0.3, -0.25) is 9.69 Å². The molecule has 0 spiro atoms. The zero-order valence-electron chi connectivity index (χ0n) is 14.6. The van der Waals surface area contributed by atoms with Crippen LogP contribution < -0.4 is 0 Å². The first-order valence-corrected chi connectivity index (χ1v) is 8.16. The minimum atomic E-state index is -0.611. The van der Waals surface area contributed by atoms with E-state index in [4.69, 9.17) is 4.74 Å². The van der Waals surface area contributed by atoms with Crippen LogP contribution in [0.4, 0.5) is 4.79 Å². The Labute approximate surface area is 141 Å². The molecule has 0 saturated carbocycles. The molecule has 1 saturated heterocycles. The van der Waals surface area contributed by atoms with Crippen LogP contribution in [-0.4, -0.2) is 46.7 Å². The van der Waals surface area contributed by atoms with Crippen molar-refractivity contribution >= 4 is 27.9 Å². The van der Waals surface area contributed by atoms with Crippen molar-refractivity contribution in [1.82, 2.24) is 9.80 Å². The molecule has 0 radical (unpaired) electrons. The van der Waals surface area contributed by atoms with E-state index in [2.05, 4.69) is 22.5 Å². The van der Waals surface area contributed by atoms with Crippen LogP contribution in [0, 0.1) is 5.41 Å². The van der Waals surface area contributed by atoms with Gasteiger partial charge in [-0.15, -0.1) is 0 Å². The summed E-state index contributed by atoms with van der Waals surface area (Å²) in [6.07, 6.45) is -0.454. The van der Waals surface area contributed by atoms with Crippen LogP contribution in [0.15, 0.2) is 11.1 Å². The number of ether oxygens (including phenoxy) is 1. The number of hydrogen-bond acceptors (Lipinski definition) is 3. The topological polar surface area (TPSA) is 49.9 Å². The molecule has 22 heavy (non-hydrogen) atoms. The number of carbonyl (C=O) groups excluding carboxylic acids is 2. The fourth-order valence-corrected chi connectivity index (χ4v) is 3.07. The summed E-state index contributed by atoms with van der Waals surface area (Å²) in [5.41, 5.74) is -0.899. The Morgan fingerprint density at radius 1 is 1.27 bits per heavy atom. The maximum atomic E-state index is 12.7. The van der Waals surface area contributed by atoms with Crippen LogP contribution in [0.1, 0.15) is 48.0 Å². The minimum Gasteiger partial charge on any atom is -0.444 e. The zero-order valence-corrected chi connectivity index (χ0v) is 16.2. The van der Waals surface area contributed by atoms with Crippen molar-refractivity contribution in [3.05, 3.63) is 11.1 Å². The number of amides is 2. The predicted octanol–water partition coefficient (Wildman–Crippen LogP) is 3.74. The summed E-state index contributed by atoms with van der Waals surface area (Å²) in [4.78, 5) is 28.5. The monoisotopic (exact) mass is 374 g/mol. The smallest absolute Gasteiger partial charge is 0.412 e. The van der Waals surface area contributed by atoms with E-state index in [1.165, 1.54) is 0 Å². The lowest BCUT2D eigenvalue weighted by Crippen LogP contribution is -2.52. The third kappa shape index (κ3) is 4.24. The van der Waals surface area contributed by atoms with E-state index in [0.717, 1.165) is 0 Å². The number of likely N-dealkylation sites (N-methyl/N-ethyl adjacent to an activating group) is 1. The first-order valence-electron chi connectivity index (χ1n) is 7.37. The fourth-order valence-electron chi connectivity index (χ4n) is 2.77. The minimum absolute atomic E-state index is 0.0913. The Kier molecular flexibility index (Phi) is 5.38. The molecule has 1 aliphatic rings. The van der Waals surface area contributed by atoms with E-state index in [0.29, 0.717) is 10.9 Å². The SMILES string of the molecule is C=C(Br)C[C@H]1C(=O)N(C)[C@H](C(C)(C)C)N1C(=O)OC(C)(C)C. The Hall–Kier alpha value is -1.04. The van der Waals surface area contributed by atoms with Crippen molar-refractivity contribution in [2.24, 2.45) is 5.41 Å². The van der Waals surface area contributed by atoms with E-state index in [1.807, 2.05) is 41.5 Å². The van der Waals surface area contributed by atoms with Gasteiger partial charge in [0.15, 0.2) is 0 Å². The van der Waals surface area contributed by atoms with Crippen LogP contribution in [0.25, 0.3) is 0 Å². The number of nitrogens with zero attached hydrogens (tertiary/aromatic N) is 2. The van der Waals surface area contributed by atoms with Crippen molar-refractivity contribution in [2.45, 2.75) is 65.8 Å². The largest absolute Gasteiger partial charge is 0.444 e. The average Bonchev–Trinajstić information content (AvgIpc) is 2.50. The van der Waals surface area contributed by atoms with E-state index in [1.54, 1.807) is 16.8 Å². The van der Waals surface area contributed by atoms with Crippen LogP contribution >= 0.6 is 15.9 Å². The molecular formula is C16H27BrN2O3. The second-order valence-corrected chi connectivity index (χ2v) is 8.94. The fraction of sp³-hybridized carbons (Fsp3) is 0.750. The Balaban J connectivity index is 3.23. The molecule has 0 aromatic rings. The molecule has 6 heteroatoms. The summed E-state index contributed by atoms with van der Waals surface area (Å²) in [7, 11) is 1.73. The van der Waals surface area contributed by atoms with Gasteiger partial charge in [-0.25, -0.2) is 4.79 Å². The van der Waals surface area contributed by atoms with Gasteiger partial charge in [-0.2, -0.15) is 0 Å². The molecule has 0 aromatic carbocycles. The van der Waals surface area contributed by atoms with Gasteiger partial charge in [0.1, 0.15) is 17.8 Å². The second kappa shape index (κ2) is 6.22. The van der Waals surface area contributed by atoms with Crippen LogP contribution in [-0.2, 0) is 9.53 Å². The summed E-state index contributed by atoms with van der Waals surface area (Å²) in [5, 5.41) is 0. The Morgan fingerprint density at radius 3 is 2.14 bits per heavy atom. The molecule has 0 bridgehead atoms. The van der Waals surface area contributed by atoms with Crippen LogP contribution in [0.3, 0.4) is 0 Å². The Bertz CT molecular complexity index is 477.